The Balaban J connectivity index is 1.86. The van der Waals surface area contributed by atoms with E-state index in [4.69, 9.17) is 0 Å². The summed E-state index contributed by atoms with van der Waals surface area (Å²) in [4.78, 5) is 5.73. The molecule has 3 aromatic rings. The highest BCUT2D eigenvalue weighted by Crippen LogP contribution is 2.30. The van der Waals surface area contributed by atoms with Crippen LogP contribution >= 0.6 is 43.6 Å². The van der Waals surface area contributed by atoms with Gasteiger partial charge in [-0.25, -0.2) is 0 Å². The van der Waals surface area contributed by atoms with Crippen LogP contribution in [0.4, 0.5) is 0 Å². The predicted octanol–water partition coefficient (Wildman–Crippen LogP) is 6.05. The van der Waals surface area contributed by atoms with Crippen molar-refractivity contribution in [2.45, 2.75) is 10.6 Å². The van der Waals surface area contributed by atoms with Crippen molar-refractivity contribution in [1.82, 2.24) is 4.98 Å². The van der Waals surface area contributed by atoms with Gasteiger partial charge in [-0.2, -0.15) is 0 Å². The zero-order chi connectivity index (χ0) is 13.9. The average Bonchev–Trinajstić information content (AvgIpc) is 2.45. The van der Waals surface area contributed by atoms with Gasteiger partial charge in [0.1, 0.15) is 0 Å². The van der Waals surface area contributed by atoms with Crippen LogP contribution in [0.2, 0.25) is 0 Å². The first-order valence-corrected chi connectivity index (χ1v) is 8.71. The standard InChI is InChI=1S/C16H11Br2NS/c17-13-6-12-7-14(9-19-16(12)15(18)8-13)20-10-11-4-2-1-3-5-11/h1-9H,10H2. The summed E-state index contributed by atoms with van der Waals surface area (Å²) in [6.45, 7) is 0. The molecule has 1 nitrogen and oxygen atoms in total. The van der Waals surface area contributed by atoms with Crippen molar-refractivity contribution < 1.29 is 0 Å². The third kappa shape index (κ3) is 3.25. The number of pyridine rings is 1. The first-order chi connectivity index (χ1) is 9.72. The summed E-state index contributed by atoms with van der Waals surface area (Å²) in [5, 5.41) is 1.14. The molecule has 0 unspecified atom stereocenters. The Morgan fingerprint density at radius 3 is 2.60 bits per heavy atom. The molecule has 20 heavy (non-hydrogen) atoms. The van der Waals surface area contributed by atoms with Gasteiger partial charge in [0.25, 0.3) is 0 Å². The molecule has 1 aromatic heterocycles. The Bertz CT molecular complexity index is 744. The lowest BCUT2D eigenvalue weighted by Crippen LogP contribution is -1.84. The van der Waals surface area contributed by atoms with Crippen LogP contribution in [0.15, 0.2) is 68.6 Å². The van der Waals surface area contributed by atoms with Crippen molar-refractivity contribution >= 4 is 54.5 Å². The SMILES string of the molecule is Brc1cc(Br)c2ncc(SCc3ccccc3)cc2c1. The molecule has 0 amide bonds. The summed E-state index contributed by atoms with van der Waals surface area (Å²) in [7, 11) is 0. The summed E-state index contributed by atoms with van der Waals surface area (Å²) in [5.74, 6) is 0.962. The van der Waals surface area contributed by atoms with E-state index in [1.807, 2.05) is 18.3 Å². The van der Waals surface area contributed by atoms with E-state index in [0.29, 0.717) is 0 Å². The molecule has 4 heteroatoms. The first kappa shape index (κ1) is 14.1. The van der Waals surface area contributed by atoms with Gasteiger partial charge in [-0.05, 0) is 39.7 Å². The van der Waals surface area contributed by atoms with Crippen molar-refractivity contribution in [2.75, 3.05) is 0 Å². The van der Waals surface area contributed by atoms with Crippen LogP contribution in [-0.4, -0.2) is 4.98 Å². The Morgan fingerprint density at radius 2 is 1.80 bits per heavy atom. The molecule has 100 valence electrons. The smallest absolute Gasteiger partial charge is 0.0845 e. The van der Waals surface area contributed by atoms with Gasteiger partial charge in [0, 0.05) is 31.2 Å². The highest BCUT2D eigenvalue weighted by molar-refractivity contribution is 9.11. The van der Waals surface area contributed by atoms with E-state index in [-0.39, 0.29) is 0 Å². The maximum atomic E-state index is 4.55. The van der Waals surface area contributed by atoms with Gasteiger partial charge in [-0.15, -0.1) is 11.8 Å². The molecule has 0 fully saturated rings. The lowest BCUT2D eigenvalue weighted by molar-refractivity contribution is 1.29. The molecule has 0 atom stereocenters. The second kappa shape index (κ2) is 6.29. The lowest BCUT2D eigenvalue weighted by Gasteiger charge is -2.05. The molecule has 0 bridgehead atoms. The van der Waals surface area contributed by atoms with E-state index in [1.165, 1.54) is 10.5 Å². The minimum absolute atomic E-state index is 0.962. The van der Waals surface area contributed by atoms with Crippen molar-refractivity contribution in [1.29, 1.82) is 0 Å². The zero-order valence-electron chi connectivity index (χ0n) is 10.5. The molecular weight excluding hydrogens is 398 g/mol. The van der Waals surface area contributed by atoms with E-state index >= 15 is 0 Å². The van der Waals surface area contributed by atoms with Gasteiger partial charge in [-0.1, -0.05) is 46.3 Å². The minimum atomic E-state index is 0.962. The van der Waals surface area contributed by atoms with Crippen LogP contribution in [0.25, 0.3) is 10.9 Å². The minimum Gasteiger partial charge on any atom is -0.254 e. The first-order valence-electron chi connectivity index (χ1n) is 6.14. The molecule has 0 aliphatic carbocycles. The summed E-state index contributed by atoms with van der Waals surface area (Å²) < 4.78 is 2.07. The van der Waals surface area contributed by atoms with Gasteiger partial charge in [0.15, 0.2) is 0 Å². The molecule has 1 heterocycles. The Labute approximate surface area is 139 Å². The molecule has 0 saturated heterocycles. The Kier molecular flexibility index (Phi) is 4.44. The average molecular weight is 409 g/mol. The number of rotatable bonds is 3. The number of hydrogen-bond donors (Lipinski definition) is 0. The maximum absolute atomic E-state index is 4.55. The van der Waals surface area contributed by atoms with Crippen LogP contribution in [-0.2, 0) is 5.75 Å². The van der Waals surface area contributed by atoms with Crippen molar-refractivity contribution in [3.8, 4) is 0 Å². The van der Waals surface area contributed by atoms with Crippen LogP contribution in [0.5, 0.6) is 0 Å². The van der Waals surface area contributed by atoms with E-state index in [1.54, 1.807) is 11.8 Å². The fraction of sp³-hybridized carbons (Fsp3) is 0.0625. The van der Waals surface area contributed by atoms with Crippen LogP contribution < -0.4 is 0 Å². The summed E-state index contributed by atoms with van der Waals surface area (Å²) in [5.41, 5.74) is 2.32. The van der Waals surface area contributed by atoms with Gasteiger partial charge < -0.3 is 0 Å². The number of fused-ring (bicyclic) bond motifs is 1. The predicted molar refractivity (Wildman–Crippen MR) is 93.1 cm³/mol. The third-order valence-corrected chi connectivity index (χ3v) is 5.02. The zero-order valence-corrected chi connectivity index (χ0v) is 14.5. The quantitative estimate of drug-likeness (QED) is 0.489. The summed E-state index contributed by atoms with van der Waals surface area (Å²) >= 11 is 8.87. The number of aromatic nitrogens is 1. The van der Waals surface area contributed by atoms with Crippen LogP contribution in [0.1, 0.15) is 5.56 Å². The van der Waals surface area contributed by atoms with E-state index in [9.17, 15) is 0 Å². The highest BCUT2D eigenvalue weighted by atomic mass is 79.9. The maximum Gasteiger partial charge on any atom is 0.0845 e. The second-order valence-corrected chi connectivity index (χ2v) is 7.22. The largest absolute Gasteiger partial charge is 0.254 e. The fourth-order valence-corrected chi connectivity index (χ4v) is 4.19. The van der Waals surface area contributed by atoms with Gasteiger partial charge in [-0.3, -0.25) is 4.98 Å². The number of benzene rings is 2. The molecule has 0 aliphatic rings. The molecule has 3 rings (SSSR count). The number of thioether (sulfide) groups is 1. The lowest BCUT2D eigenvalue weighted by atomic mass is 10.2. The third-order valence-electron chi connectivity index (χ3n) is 2.92. The molecule has 2 aromatic carbocycles. The van der Waals surface area contributed by atoms with Crippen molar-refractivity contribution in [3.05, 3.63) is 69.2 Å². The fourth-order valence-electron chi connectivity index (χ4n) is 1.97. The van der Waals surface area contributed by atoms with E-state index in [0.717, 1.165) is 25.6 Å². The van der Waals surface area contributed by atoms with E-state index in [2.05, 4.69) is 73.2 Å². The molecule has 0 spiro atoms. The summed E-state index contributed by atoms with van der Waals surface area (Å²) in [6.07, 6.45) is 1.94. The van der Waals surface area contributed by atoms with Crippen molar-refractivity contribution in [2.24, 2.45) is 0 Å². The van der Waals surface area contributed by atoms with Gasteiger partial charge in [0.05, 0.1) is 5.52 Å². The molecular formula is C16H11Br2NS. The molecule has 0 N–H and O–H groups in total. The van der Waals surface area contributed by atoms with Crippen molar-refractivity contribution in [3.63, 3.8) is 0 Å². The van der Waals surface area contributed by atoms with E-state index < -0.39 is 0 Å². The van der Waals surface area contributed by atoms with Crippen LogP contribution in [0, 0.1) is 0 Å². The molecule has 0 saturated carbocycles. The highest BCUT2D eigenvalue weighted by Gasteiger charge is 2.04. The Morgan fingerprint density at radius 1 is 1.00 bits per heavy atom. The summed E-state index contributed by atoms with van der Waals surface area (Å²) in [6, 6.07) is 16.8. The molecule has 0 radical (unpaired) electrons. The number of halogens is 2. The second-order valence-electron chi connectivity index (χ2n) is 4.40. The van der Waals surface area contributed by atoms with Gasteiger partial charge >= 0.3 is 0 Å². The topological polar surface area (TPSA) is 12.9 Å². The number of hydrogen-bond acceptors (Lipinski definition) is 2. The normalized spacial score (nSPS) is 10.9. The van der Waals surface area contributed by atoms with Gasteiger partial charge in [0.2, 0.25) is 0 Å². The Hall–Kier alpha value is -0.840. The molecule has 0 aliphatic heterocycles. The number of nitrogens with zero attached hydrogens (tertiary/aromatic N) is 1. The van der Waals surface area contributed by atoms with Crippen LogP contribution in [0.3, 0.4) is 0 Å². The monoisotopic (exact) mass is 407 g/mol.